The molecule has 0 aliphatic carbocycles. The third-order valence-corrected chi connectivity index (χ3v) is 2.91. The van der Waals surface area contributed by atoms with Crippen LogP contribution in [0.5, 0.6) is 0 Å². The number of rotatable bonds is 5. The molecule has 2 unspecified atom stereocenters. The predicted octanol–water partition coefficient (Wildman–Crippen LogP) is 1.25. The topological polar surface area (TPSA) is 46.9 Å². The molecule has 1 N–H and O–H groups in total. The highest BCUT2D eigenvalue weighted by atomic mass is 32.2. The molecule has 0 fully saturated rings. The van der Waals surface area contributed by atoms with E-state index >= 15 is 0 Å². The monoisotopic (exact) mass is 215 g/mol. The molecule has 5 heteroatoms. The Morgan fingerprint density at radius 2 is 2.43 bits per heavy atom. The second kappa shape index (κ2) is 5.14. The lowest BCUT2D eigenvalue weighted by Gasteiger charge is -2.15. The van der Waals surface area contributed by atoms with Crippen LogP contribution in [0.2, 0.25) is 0 Å². The van der Waals surface area contributed by atoms with Crippen LogP contribution in [0.1, 0.15) is 19.9 Å². The van der Waals surface area contributed by atoms with Crippen molar-refractivity contribution >= 4 is 16.7 Å². The largest absolute Gasteiger partial charge is 0.356 e. The predicted molar refractivity (Wildman–Crippen MR) is 60.0 cm³/mol. The molecule has 80 valence electrons. The summed E-state index contributed by atoms with van der Waals surface area (Å²) in [5.41, 5.74) is 0. The average molecular weight is 215 g/mol. The van der Waals surface area contributed by atoms with E-state index in [4.69, 9.17) is 0 Å². The van der Waals surface area contributed by atoms with Crippen LogP contribution in [0.25, 0.3) is 0 Å². The van der Waals surface area contributed by atoms with Gasteiger partial charge in [0.2, 0.25) is 5.95 Å². The summed E-state index contributed by atoms with van der Waals surface area (Å²) >= 11 is 0. The van der Waals surface area contributed by atoms with Crippen LogP contribution in [0.3, 0.4) is 0 Å². The van der Waals surface area contributed by atoms with Gasteiger partial charge in [0.15, 0.2) is 0 Å². The van der Waals surface area contributed by atoms with Gasteiger partial charge in [0, 0.05) is 47.8 Å². The van der Waals surface area contributed by atoms with Gasteiger partial charge < -0.3 is 9.88 Å². The summed E-state index contributed by atoms with van der Waals surface area (Å²) in [5, 5.41) is 3.16. The van der Waals surface area contributed by atoms with Gasteiger partial charge in [0.25, 0.3) is 0 Å². The summed E-state index contributed by atoms with van der Waals surface area (Å²) in [6.45, 7) is 4.92. The van der Waals surface area contributed by atoms with Gasteiger partial charge in [-0.15, -0.1) is 0 Å². The van der Waals surface area contributed by atoms with Crippen molar-refractivity contribution in [3.05, 3.63) is 12.4 Å². The lowest BCUT2D eigenvalue weighted by atomic mass is 10.4. The SMILES string of the molecule is CCNc1nccn1C(C)CS(C)=O. The fourth-order valence-electron chi connectivity index (χ4n) is 1.38. The van der Waals surface area contributed by atoms with E-state index in [1.807, 2.05) is 24.6 Å². The van der Waals surface area contributed by atoms with Gasteiger partial charge >= 0.3 is 0 Å². The Hall–Kier alpha value is -0.840. The van der Waals surface area contributed by atoms with Gasteiger partial charge in [-0.3, -0.25) is 4.21 Å². The Bertz CT molecular complexity index is 311. The van der Waals surface area contributed by atoms with Gasteiger partial charge in [-0.2, -0.15) is 0 Å². The number of aromatic nitrogens is 2. The highest BCUT2D eigenvalue weighted by Gasteiger charge is 2.10. The minimum atomic E-state index is -0.769. The van der Waals surface area contributed by atoms with Crippen molar-refractivity contribution in [1.29, 1.82) is 0 Å². The Balaban J connectivity index is 2.72. The molecule has 1 aromatic heterocycles. The van der Waals surface area contributed by atoms with Crippen LogP contribution in [0.4, 0.5) is 5.95 Å². The van der Waals surface area contributed by atoms with Gasteiger partial charge in [-0.1, -0.05) is 0 Å². The van der Waals surface area contributed by atoms with Gasteiger partial charge in [-0.05, 0) is 13.8 Å². The highest BCUT2D eigenvalue weighted by molar-refractivity contribution is 7.84. The molecule has 14 heavy (non-hydrogen) atoms. The summed E-state index contributed by atoms with van der Waals surface area (Å²) < 4.78 is 13.1. The third-order valence-electron chi connectivity index (χ3n) is 1.95. The molecule has 1 rings (SSSR count). The zero-order valence-electron chi connectivity index (χ0n) is 8.86. The zero-order valence-corrected chi connectivity index (χ0v) is 9.67. The second-order valence-electron chi connectivity index (χ2n) is 3.28. The molecule has 1 heterocycles. The molecule has 0 amide bonds. The van der Waals surface area contributed by atoms with Crippen molar-refractivity contribution in [2.75, 3.05) is 23.9 Å². The Kier molecular flexibility index (Phi) is 4.13. The molecule has 0 radical (unpaired) electrons. The summed E-state index contributed by atoms with van der Waals surface area (Å²) in [6.07, 6.45) is 5.39. The standard InChI is InChI=1S/C9H17N3OS/c1-4-10-9-11-5-6-12(9)8(2)7-14(3)13/h5-6,8H,4,7H2,1-3H3,(H,10,11). The smallest absolute Gasteiger partial charge is 0.203 e. The summed E-state index contributed by atoms with van der Waals surface area (Å²) in [5.74, 6) is 1.51. The fourth-order valence-corrected chi connectivity index (χ4v) is 2.22. The van der Waals surface area contributed by atoms with Gasteiger partial charge in [-0.25, -0.2) is 4.98 Å². The maximum atomic E-state index is 11.1. The Labute approximate surface area is 87.2 Å². The van der Waals surface area contributed by atoms with Crippen molar-refractivity contribution in [3.63, 3.8) is 0 Å². The molecule has 0 aromatic carbocycles. The maximum Gasteiger partial charge on any atom is 0.203 e. The molecule has 0 saturated carbocycles. The molecule has 0 spiro atoms. The molecular formula is C9H17N3OS. The fraction of sp³-hybridized carbons (Fsp3) is 0.667. The molecule has 0 bridgehead atoms. The van der Waals surface area contributed by atoms with Crippen molar-refractivity contribution in [3.8, 4) is 0 Å². The molecule has 0 saturated heterocycles. The van der Waals surface area contributed by atoms with E-state index in [-0.39, 0.29) is 6.04 Å². The van der Waals surface area contributed by atoms with Crippen LogP contribution in [0.15, 0.2) is 12.4 Å². The van der Waals surface area contributed by atoms with Crippen molar-refractivity contribution < 1.29 is 4.21 Å². The van der Waals surface area contributed by atoms with E-state index in [0.29, 0.717) is 5.75 Å². The number of anilines is 1. The van der Waals surface area contributed by atoms with E-state index < -0.39 is 10.8 Å². The number of hydrogen-bond donors (Lipinski definition) is 1. The van der Waals surface area contributed by atoms with E-state index in [9.17, 15) is 4.21 Å². The molecular weight excluding hydrogens is 198 g/mol. The van der Waals surface area contributed by atoms with E-state index in [1.165, 1.54) is 0 Å². The van der Waals surface area contributed by atoms with Crippen LogP contribution in [0, 0.1) is 0 Å². The third kappa shape index (κ3) is 2.83. The zero-order chi connectivity index (χ0) is 10.6. The van der Waals surface area contributed by atoms with Crippen LogP contribution in [-0.4, -0.2) is 32.3 Å². The second-order valence-corrected chi connectivity index (χ2v) is 4.76. The van der Waals surface area contributed by atoms with Crippen LogP contribution >= 0.6 is 0 Å². The Morgan fingerprint density at radius 1 is 1.71 bits per heavy atom. The average Bonchev–Trinajstić information content (AvgIpc) is 2.51. The van der Waals surface area contributed by atoms with Crippen LogP contribution in [-0.2, 0) is 10.8 Å². The molecule has 4 nitrogen and oxygen atoms in total. The Morgan fingerprint density at radius 3 is 3.00 bits per heavy atom. The van der Waals surface area contributed by atoms with E-state index in [1.54, 1.807) is 12.5 Å². The highest BCUT2D eigenvalue weighted by Crippen LogP contribution is 2.13. The number of imidazole rings is 1. The maximum absolute atomic E-state index is 11.1. The number of hydrogen-bond acceptors (Lipinski definition) is 3. The van der Waals surface area contributed by atoms with Crippen molar-refractivity contribution in [2.45, 2.75) is 19.9 Å². The minimum Gasteiger partial charge on any atom is -0.356 e. The molecule has 0 aliphatic rings. The summed E-state index contributed by atoms with van der Waals surface area (Å²) in [7, 11) is -0.769. The quantitative estimate of drug-likeness (QED) is 0.804. The normalized spacial score (nSPS) is 15.1. The van der Waals surface area contributed by atoms with E-state index in [2.05, 4.69) is 10.3 Å². The summed E-state index contributed by atoms with van der Waals surface area (Å²) in [6, 6.07) is 0.220. The number of nitrogens with zero attached hydrogens (tertiary/aromatic N) is 2. The van der Waals surface area contributed by atoms with E-state index in [0.717, 1.165) is 12.5 Å². The van der Waals surface area contributed by atoms with Crippen molar-refractivity contribution in [1.82, 2.24) is 9.55 Å². The first-order valence-corrected chi connectivity index (χ1v) is 6.44. The van der Waals surface area contributed by atoms with Gasteiger partial charge in [0.1, 0.15) is 0 Å². The molecule has 2 atom stereocenters. The summed E-state index contributed by atoms with van der Waals surface area (Å²) in [4.78, 5) is 4.19. The van der Waals surface area contributed by atoms with Gasteiger partial charge in [0.05, 0.1) is 0 Å². The first-order chi connectivity index (χ1) is 6.65. The first kappa shape index (κ1) is 11.2. The number of nitrogens with one attached hydrogen (secondary N) is 1. The minimum absolute atomic E-state index is 0.220. The van der Waals surface area contributed by atoms with Crippen LogP contribution < -0.4 is 5.32 Å². The molecule has 1 aromatic rings. The van der Waals surface area contributed by atoms with Crippen molar-refractivity contribution in [2.24, 2.45) is 0 Å². The molecule has 0 aliphatic heterocycles. The lowest BCUT2D eigenvalue weighted by Crippen LogP contribution is -2.15. The lowest BCUT2D eigenvalue weighted by molar-refractivity contribution is 0.601. The first-order valence-electron chi connectivity index (χ1n) is 4.71.